The molecule has 0 spiro atoms. The van der Waals surface area contributed by atoms with Gasteiger partial charge in [0.25, 0.3) is 0 Å². The summed E-state index contributed by atoms with van der Waals surface area (Å²) in [5.41, 5.74) is 0.190. The summed E-state index contributed by atoms with van der Waals surface area (Å²) in [5.74, 6) is 1.73. The van der Waals surface area contributed by atoms with Crippen LogP contribution in [-0.2, 0) is 0 Å². The Morgan fingerprint density at radius 2 is 1.82 bits per heavy atom. The van der Waals surface area contributed by atoms with Gasteiger partial charge in [0, 0.05) is 0 Å². The molecule has 0 radical (unpaired) electrons. The molecule has 1 N–H and O–H groups in total. The Bertz CT molecular complexity index is 179. The SMILES string of the molecule is CC1(C)[C@@H]2C[C@@](C)(O)CC[C@@H]21. The molecule has 1 nitrogen and oxygen atoms in total. The highest BCUT2D eigenvalue weighted by Crippen LogP contribution is 2.66. The minimum atomic E-state index is -0.352. The van der Waals surface area contributed by atoms with Gasteiger partial charge in [-0.15, -0.1) is 0 Å². The molecule has 0 aliphatic heterocycles. The van der Waals surface area contributed by atoms with Crippen LogP contribution in [0.5, 0.6) is 0 Å². The first-order chi connectivity index (χ1) is 4.93. The molecule has 2 fully saturated rings. The standard InChI is InChI=1S/C10H18O/c1-9(2)7-4-5-10(3,11)6-8(7)9/h7-8,11H,4-6H2,1-3H3/t7-,8+,10-/m0/s1. The van der Waals surface area contributed by atoms with E-state index in [2.05, 4.69) is 13.8 Å². The van der Waals surface area contributed by atoms with E-state index >= 15 is 0 Å². The highest BCUT2D eigenvalue weighted by Gasteiger charge is 2.60. The van der Waals surface area contributed by atoms with Crippen LogP contribution in [0, 0.1) is 17.3 Å². The third-order valence-corrected chi connectivity index (χ3v) is 3.94. The van der Waals surface area contributed by atoms with Gasteiger partial charge in [-0.25, -0.2) is 0 Å². The average molecular weight is 154 g/mol. The van der Waals surface area contributed by atoms with Gasteiger partial charge < -0.3 is 5.11 Å². The van der Waals surface area contributed by atoms with Crippen molar-refractivity contribution >= 4 is 0 Å². The van der Waals surface area contributed by atoms with E-state index in [4.69, 9.17) is 0 Å². The summed E-state index contributed by atoms with van der Waals surface area (Å²) in [6.45, 7) is 6.66. The molecule has 0 saturated heterocycles. The third-order valence-electron chi connectivity index (χ3n) is 3.94. The van der Waals surface area contributed by atoms with E-state index in [0.29, 0.717) is 5.41 Å². The van der Waals surface area contributed by atoms with Crippen LogP contribution in [0.4, 0.5) is 0 Å². The molecule has 0 bridgehead atoms. The van der Waals surface area contributed by atoms with Gasteiger partial charge in [0.1, 0.15) is 0 Å². The molecule has 0 aromatic rings. The van der Waals surface area contributed by atoms with Gasteiger partial charge >= 0.3 is 0 Å². The molecule has 3 atom stereocenters. The first-order valence-electron chi connectivity index (χ1n) is 4.66. The predicted molar refractivity (Wildman–Crippen MR) is 45.2 cm³/mol. The van der Waals surface area contributed by atoms with E-state index in [0.717, 1.165) is 24.7 Å². The molecular formula is C10H18O. The molecule has 64 valence electrons. The molecule has 1 heteroatoms. The third kappa shape index (κ3) is 1.01. The van der Waals surface area contributed by atoms with Gasteiger partial charge in [-0.2, -0.15) is 0 Å². The molecule has 0 heterocycles. The minimum Gasteiger partial charge on any atom is -0.390 e. The Hall–Kier alpha value is -0.0400. The fourth-order valence-corrected chi connectivity index (χ4v) is 2.88. The normalized spacial score (nSPS) is 53.5. The van der Waals surface area contributed by atoms with Crippen molar-refractivity contribution in [2.45, 2.75) is 45.6 Å². The maximum Gasteiger partial charge on any atom is 0.0622 e. The van der Waals surface area contributed by atoms with Crippen molar-refractivity contribution in [1.29, 1.82) is 0 Å². The van der Waals surface area contributed by atoms with Crippen LogP contribution >= 0.6 is 0 Å². The lowest BCUT2D eigenvalue weighted by Crippen LogP contribution is -2.28. The fourth-order valence-electron chi connectivity index (χ4n) is 2.88. The van der Waals surface area contributed by atoms with E-state index in [9.17, 15) is 5.11 Å². The van der Waals surface area contributed by atoms with E-state index in [1.807, 2.05) is 6.92 Å². The predicted octanol–water partition coefficient (Wildman–Crippen LogP) is 2.19. The van der Waals surface area contributed by atoms with Gasteiger partial charge in [-0.3, -0.25) is 0 Å². The summed E-state index contributed by atoms with van der Waals surface area (Å²) in [4.78, 5) is 0. The van der Waals surface area contributed by atoms with Crippen LogP contribution in [0.25, 0.3) is 0 Å². The molecule has 0 aromatic heterocycles. The summed E-state index contributed by atoms with van der Waals surface area (Å²) in [7, 11) is 0. The first kappa shape index (κ1) is 7.60. The molecule has 0 amide bonds. The Morgan fingerprint density at radius 3 is 2.27 bits per heavy atom. The second kappa shape index (κ2) is 1.82. The van der Waals surface area contributed by atoms with Crippen LogP contribution in [0.3, 0.4) is 0 Å². The molecule has 0 unspecified atom stereocenters. The number of fused-ring (bicyclic) bond motifs is 1. The minimum absolute atomic E-state index is 0.352. The van der Waals surface area contributed by atoms with Crippen molar-refractivity contribution in [1.82, 2.24) is 0 Å². The van der Waals surface area contributed by atoms with E-state index in [1.165, 1.54) is 6.42 Å². The largest absolute Gasteiger partial charge is 0.390 e. The molecule has 2 saturated carbocycles. The Morgan fingerprint density at radius 1 is 1.18 bits per heavy atom. The van der Waals surface area contributed by atoms with E-state index in [1.54, 1.807) is 0 Å². The second-order valence-corrected chi connectivity index (χ2v) is 5.27. The van der Waals surface area contributed by atoms with Gasteiger partial charge in [-0.05, 0) is 43.4 Å². The van der Waals surface area contributed by atoms with Crippen LogP contribution in [-0.4, -0.2) is 10.7 Å². The van der Waals surface area contributed by atoms with Crippen molar-refractivity contribution in [2.24, 2.45) is 17.3 Å². The fraction of sp³-hybridized carbons (Fsp3) is 1.00. The summed E-state index contributed by atoms with van der Waals surface area (Å²) in [5, 5.41) is 9.80. The van der Waals surface area contributed by atoms with Crippen LogP contribution in [0.2, 0.25) is 0 Å². The first-order valence-corrected chi connectivity index (χ1v) is 4.66. The summed E-state index contributed by atoms with van der Waals surface area (Å²) in [6.07, 6.45) is 3.28. The number of hydrogen-bond donors (Lipinski definition) is 1. The second-order valence-electron chi connectivity index (χ2n) is 5.27. The van der Waals surface area contributed by atoms with Gasteiger partial charge in [0.05, 0.1) is 5.60 Å². The zero-order valence-corrected chi connectivity index (χ0v) is 7.72. The van der Waals surface area contributed by atoms with Gasteiger partial charge in [0.15, 0.2) is 0 Å². The molecule has 2 aliphatic carbocycles. The maximum absolute atomic E-state index is 9.80. The lowest BCUT2D eigenvalue weighted by molar-refractivity contribution is 0.0179. The number of hydrogen-bond acceptors (Lipinski definition) is 1. The number of aliphatic hydroxyl groups is 1. The molecular weight excluding hydrogens is 136 g/mol. The Balaban J connectivity index is 2.08. The monoisotopic (exact) mass is 154 g/mol. The van der Waals surface area contributed by atoms with E-state index in [-0.39, 0.29) is 5.60 Å². The smallest absolute Gasteiger partial charge is 0.0622 e. The molecule has 2 aliphatic rings. The lowest BCUT2D eigenvalue weighted by atomic mass is 9.87. The number of rotatable bonds is 0. The molecule has 2 rings (SSSR count). The van der Waals surface area contributed by atoms with Crippen molar-refractivity contribution in [3.63, 3.8) is 0 Å². The van der Waals surface area contributed by atoms with Crippen molar-refractivity contribution in [2.75, 3.05) is 0 Å². The van der Waals surface area contributed by atoms with Gasteiger partial charge in [-0.1, -0.05) is 13.8 Å². The summed E-state index contributed by atoms with van der Waals surface area (Å²) >= 11 is 0. The van der Waals surface area contributed by atoms with Crippen LogP contribution in [0.1, 0.15) is 40.0 Å². The zero-order valence-electron chi connectivity index (χ0n) is 7.72. The van der Waals surface area contributed by atoms with Crippen molar-refractivity contribution in [3.8, 4) is 0 Å². The molecule has 0 aromatic carbocycles. The Labute approximate surface area is 68.8 Å². The van der Waals surface area contributed by atoms with Gasteiger partial charge in [0.2, 0.25) is 0 Å². The lowest BCUT2D eigenvalue weighted by Gasteiger charge is -2.26. The maximum atomic E-state index is 9.80. The Kier molecular flexibility index (Phi) is 1.26. The zero-order chi connectivity index (χ0) is 8.28. The van der Waals surface area contributed by atoms with Crippen molar-refractivity contribution < 1.29 is 5.11 Å². The van der Waals surface area contributed by atoms with E-state index < -0.39 is 0 Å². The molecule has 11 heavy (non-hydrogen) atoms. The summed E-state index contributed by atoms with van der Waals surface area (Å²) in [6, 6.07) is 0. The average Bonchev–Trinajstić information content (AvgIpc) is 2.32. The van der Waals surface area contributed by atoms with Crippen LogP contribution in [0.15, 0.2) is 0 Å². The van der Waals surface area contributed by atoms with Crippen LogP contribution < -0.4 is 0 Å². The van der Waals surface area contributed by atoms with Crippen molar-refractivity contribution in [3.05, 3.63) is 0 Å². The quantitative estimate of drug-likeness (QED) is 0.567. The topological polar surface area (TPSA) is 20.2 Å². The highest BCUT2D eigenvalue weighted by molar-refractivity contribution is 5.10. The highest BCUT2D eigenvalue weighted by atomic mass is 16.3. The summed E-state index contributed by atoms with van der Waals surface area (Å²) < 4.78 is 0.